The van der Waals surface area contributed by atoms with Gasteiger partial charge in [0.1, 0.15) is 0 Å². The first-order valence-electron chi connectivity index (χ1n) is 4.71. The number of nitrogens with one attached hydrogen (secondary N) is 1. The molecule has 1 aromatic rings. The van der Waals surface area contributed by atoms with E-state index in [1.54, 1.807) is 24.3 Å². The predicted molar refractivity (Wildman–Crippen MR) is 54.9 cm³/mol. The highest BCUT2D eigenvalue weighted by molar-refractivity contribution is 7.92. The van der Waals surface area contributed by atoms with Gasteiger partial charge in [-0.05, 0) is 25.1 Å². The summed E-state index contributed by atoms with van der Waals surface area (Å²) in [5.41, 5.74) is 0. The van der Waals surface area contributed by atoms with Crippen molar-refractivity contribution in [1.82, 2.24) is 5.32 Å². The molecule has 76 valence electrons. The van der Waals surface area contributed by atoms with Gasteiger partial charge in [0.2, 0.25) is 0 Å². The SMILES string of the molecule is O=S(=O)(c1ccccc1)[C@H]1CCNC1. The first-order valence-corrected chi connectivity index (χ1v) is 6.25. The summed E-state index contributed by atoms with van der Waals surface area (Å²) < 4.78 is 24.0. The monoisotopic (exact) mass is 211 g/mol. The van der Waals surface area contributed by atoms with Gasteiger partial charge in [0, 0.05) is 6.54 Å². The fourth-order valence-electron chi connectivity index (χ4n) is 1.70. The van der Waals surface area contributed by atoms with E-state index in [-0.39, 0.29) is 5.25 Å². The van der Waals surface area contributed by atoms with Crippen molar-refractivity contribution in [1.29, 1.82) is 0 Å². The van der Waals surface area contributed by atoms with Gasteiger partial charge < -0.3 is 5.32 Å². The maximum Gasteiger partial charge on any atom is 0.182 e. The highest BCUT2D eigenvalue weighted by atomic mass is 32.2. The zero-order valence-corrected chi connectivity index (χ0v) is 8.63. The van der Waals surface area contributed by atoms with Crippen LogP contribution in [0.2, 0.25) is 0 Å². The zero-order valence-electron chi connectivity index (χ0n) is 7.81. The van der Waals surface area contributed by atoms with Crippen molar-refractivity contribution >= 4 is 9.84 Å². The van der Waals surface area contributed by atoms with Gasteiger partial charge in [-0.25, -0.2) is 8.42 Å². The summed E-state index contributed by atoms with van der Waals surface area (Å²) in [6.07, 6.45) is 0.719. The second kappa shape index (κ2) is 3.71. The lowest BCUT2D eigenvalue weighted by Gasteiger charge is -2.09. The predicted octanol–water partition coefficient (Wildman–Crippen LogP) is 0.822. The van der Waals surface area contributed by atoms with E-state index in [1.807, 2.05) is 6.07 Å². The van der Waals surface area contributed by atoms with Crippen LogP contribution >= 0.6 is 0 Å². The topological polar surface area (TPSA) is 46.2 Å². The van der Waals surface area contributed by atoms with Crippen LogP contribution < -0.4 is 5.32 Å². The maximum atomic E-state index is 12.0. The molecule has 1 aromatic carbocycles. The lowest BCUT2D eigenvalue weighted by atomic mass is 10.4. The van der Waals surface area contributed by atoms with E-state index in [4.69, 9.17) is 0 Å². The lowest BCUT2D eigenvalue weighted by molar-refractivity contribution is 0.583. The summed E-state index contributed by atoms with van der Waals surface area (Å²) in [5.74, 6) is 0. The third-order valence-electron chi connectivity index (χ3n) is 2.53. The Labute approximate surface area is 84.1 Å². The Hall–Kier alpha value is -0.870. The van der Waals surface area contributed by atoms with Crippen LogP contribution in [0.25, 0.3) is 0 Å². The number of hydrogen-bond donors (Lipinski definition) is 1. The van der Waals surface area contributed by atoms with E-state index in [2.05, 4.69) is 5.32 Å². The van der Waals surface area contributed by atoms with Crippen LogP contribution in [0.4, 0.5) is 0 Å². The first kappa shape index (κ1) is 9.68. The average molecular weight is 211 g/mol. The summed E-state index contributed by atoms with van der Waals surface area (Å²) in [7, 11) is -3.10. The summed E-state index contributed by atoms with van der Waals surface area (Å²) in [4.78, 5) is 0.439. The molecule has 1 aliphatic rings. The Morgan fingerprint density at radius 3 is 2.50 bits per heavy atom. The van der Waals surface area contributed by atoms with Crippen LogP contribution in [-0.2, 0) is 9.84 Å². The highest BCUT2D eigenvalue weighted by Crippen LogP contribution is 2.19. The van der Waals surface area contributed by atoms with Gasteiger partial charge >= 0.3 is 0 Å². The molecule has 4 heteroatoms. The van der Waals surface area contributed by atoms with Gasteiger partial charge in [-0.15, -0.1) is 0 Å². The molecule has 3 nitrogen and oxygen atoms in total. The number of benzene rings is 1. The fraction of sp³-hybridized carbons (Fsp3) is 0.400. The van der Waals surface area contributed by atoms with E-state index in [1.165, 1.54) is 0 Å². The lowest BCUT2D eigenvalue weighted by Crippen LogP contribution is -2.23. The van der Waals surface area contributed by atoms with E-state index < -0.39 is 9.84 Å². The second-order valence-electron chi connectivity index (χ2n) is 3.47. The molecule has 2 rings (SSSR count). The van der Waals surface area contributed by atoms with Crippen molar-refractivity contribution < 1.29 is 8.42 Å². The molecule has 0 spiro atoms. The Bertz CT molecular complexity index is 393. The Kier molecular flexibility index (Phi) is 2.56. The smallest absolute Gasteiger partial charge is 0.182 e. The van der Waals surface area contributed by atoms with Crippen molar-refractivity contribution in [3.8, 4) is 0 Å². The van der Waals surface area contributed by atoms with Gasteiger partial charge in [0.25, 0.3) is 0 Å². The molecule has 1 heterocycles. The van der Waals surface area contributed by atoms with Gasteiger partial charge in [-0.3, -0.25) is 0 Å². The summed E-state index contributed by atoms with van der Waals surface area (Å²) in [6, 6.07) is 8.66. The molecule has 0 unspecified atom stereocenters. The molecule has 1 aliphatic heterocycles. The van der Waals surface area contributed by atoms with E-state index in [9.17, 15) is 8.42 Å². The van der Waals surface area contributed by atoms with Crippen molar-refractivity contribution in [3.63, 3.8) is 0 Å². The van der Waals surface area contributed by atoms with Crippen molar-refractivity contribution in [3.05, 3.63) is 30.3 Å². The zero-order chi connectivity index (χ0) is 10.0. The number of sulfone groups is 1. The first-order chi connectivity index (χ1) is 6.71. The number of rotatable bonds is 2. The Morgan fingerprint density at radius 1 is 1.21 bits per heavy atom. The van der Waals surface area contributed by atoms with Crippen molar-refractivity contribution in [2.45, 2.75) is 16.6 Å². The van der Waals surface area contributed by atoms with E-state index >= 15 is 0 Å². The molecule has 14 heavy (non-hydrogen) atoms. The minimum Gasteiger partial charge on any atom is -0.315 e. The van der Waals surface area contributed by atoms with Gasteiger partial charge in [-0.2, -0.15) is 0 Å². The third kappa shape index (κ3) is 1.67. The van der Waals surface area contributed by atoms with Crippen LogP contribution in [0.5, 0.6) is 0 Å². The van der Waals surface area contributed by atoms with Crippen molar-refractivity contribution in [2.24, 2.45) is 0 Å². The Morgan fingerprint density at radius 2 is 1.93 bits per heavy atom. The van der Waals surface area contributed by atoms with Gasteiger partial charge in [0.05, 0.1) is 10.1 Å². The van der Waals surface area contributed by atoms with E-state index in [0.29, 0.717) is 11.4 Å². The summed E-state index contributed by atoms with van der Waals surface area (Å²) in [5, 5.41) is 2.82. The highest BCUT2D eigenvalue weighted by Gasteiger charge is 2.29. The molecular weight excluding hydrogens is 198 g/mol. The third-order valence-corrected chi connectivity index (χ3v) is 4.73. The molecule has 1 atom stereocenters. The summed E-state index contributed by atoms with van der Waals surface area (Å²) >= 11 is 0. The number of hydrogen-bond acceptors (Lipinski definition) is 3. The molecular formula is C10H13NO2S. The van der Waals surface area contributed by atoms with Crippen LogP contribution in [0.1, 0.15) is 6.42 Å². The average Bonchev–Trinajstić information content (AvgIpc) is 2.72. The van der Waals surface area contributed by atoms with E-state index in [0.717, 1.165) is 13.0 Å². The quantitative estimate of drug-likeness (QED) is 0.788. The molecule has 1 saturated heterocycles. The molecule has 0 aliphatic carbocycles. The molecule has 1 fully saturated rings. The maximum absolute atomic E-state index is 12.0. The van der Waals surface area contributed by atoms with Crippen LogP contribution in [0, 0.1) is 0 Å². The standard InChI is InChI=1S/C10H13NO2S/c12-14(13,10-6-7-11-8-10)9-4-2-1-3-5-9/h1-5,10-11H,6-8H2/t10-/m0/s1. The fourth-order valence-corrected chi connectivity index (χ4v) is 3.38. The van der Waals surface area contributed by atoms with Crippen molar-refractivity contribution in [2.75, 3.05) is 13.1 Å². The molecule has 1 N–H and O–H groups in total. The molecule has 0 saturated carbocycles. The minimum atomic E-state index is -3.10. The van der Waals surface area contributed by atoms with Gasteiger partial charge in [-0.1, -0.05) is 18.2 Å². The molecule has 0 amide bonds. The van der Waals surface area contributed by atoms with Crippen LogP contribution in [-0.4, -0.2) is 26.8 Å². The van der Waals surface area contributed by atoms with Gasteiger partial charge in [0.15, 0.2) is 9.84 Å². The second-order valence-corrected chi connectivity index (χ2v) is 5.70. The van der Waals surface area contributed by atoms with Crippen LogP contribution in [0.3, 0.4) is 0 Å². The molecule has 0 aromatic heterocycles. The Balaban J connectivity index is 2.33. The molecule has 0 radical (unpaired) electrons. The molecule has 0 bridgehead atoms. The minimum absolute atomic E-state index is 0.245. The summed E-state index contributed by atoms with van der Waals surface area (Å²) in [6.45, 7) is 1.38. The largest absolute Gasteiger partial charge is 0.315 e. The normalized spacial score (nSPS) is 22.4. The van der Waals surface area contributed by atoms with Crippen LogP contribution in [0.15, 0.2) is 35.2 Å².